The Morgan fingerprint density at radius 2 is 0.487 bits per heavy atom. The highest BCUT2D eigenvalue weighted by Gasteiger charge is 2.52. The average molecular weight is 968 g/mol. The summed E-state index contributed by atoms with van der Waals surface area (Å²) in [6.45, 7) is 0. The van der Waals surface area contributed by atoms with E-state index in [4.69, 9.17) is 0 Å². The van der Waals surface area contributed by atoms with Crippen LogP contribution in [0.5, 0.6) is 0 Å². The first-order valence-corrected chi connectivity index (χ1v) is 26.3. The van der Waals surface area contributed by atoms with Crippen LogP contribution in [0.4, 0.5) is 51.2 Å². The van der Waals surface area contributed by atoms with Crippen LogP contribution < -0.4 is 14.7 Å². The lowest BCUT2D eigenvalue weighted by molar-refractivity contribution is 0.793. The van der Waals surface area contributed by atoms with Gasteiger partial charge in [0.05, 0.1) is 22.5 Å². The molecule has 0 radical (unpaired) electrons. The van der Waals surface area contributed by atoms with Gasteiger partial charge in [0.25, 0.3) is 0 Å². The lowest BCUT2D eigenvalue weighted by Gasteiger charge is -2.32. The molecule has 13 aromatic carbocycles. The van der Waals surface area contributed by atoms with Crippen LogP contribution in [-0.2, 0) is 5.41 Å². The molecule has 356 valence electrons. The van der Waals surface area contributed by atoms with Crippen LogP contribution >= 0.6 is 0 Å². The van der Waals surface area contributed by atoms with Gasteiger partial charge in [-0.1, -0.05) is 206 Å². The van der Waals surface area contributed by atoms with Gasteiger partial charge in [-0.2, -0.15) is 0 Å². The molecule has 0 fully saturated rings. The molecule has 2 aliphatic rings. The molecule has 1 spiro atoms. The van der Waals surface area contributed by atoms with Gasteiger partial charge in [-0.25, -0.2) is 0 Å². The van der Waals surface area contributed by atoms with Crippen molar-refractivity contribution in [2.75, 3.05) is 14.7 Å². The predicted molar refractivity (Wildman–Crippen MR) is 319 cm³/mol. The van der Waals surface area contributed by atoms with Gasteiger partial charge in [-0.3, -0.25) is 0 Å². The van der Waals surface area contributed by atoms with Gasteiger partial charge >= 0.3 is 0 Å². The van der Waals surface area contributed by atoms with E-state index < -0.39 is 5.41 Å². The fourth-order valence-electron chi connectivity index (χ4n) is 12.8. The number of anilines is 9. The highest BCUT2D eigenvalue weighted by Crippen LogP contribution is 2.64. The summed E-state index contributed by atoms with van der Waals surface area (Å²) in [6, 6.07) is 110. The Balaban J connectivity index is 0.997. The Morgan fingerprint density at radius 1 is 0.197 bits per heavy atom. The molecule has 13 aromatic rings. The van der Waals surface area contributed by atoms with E-state index in [0.717, 1.165) is 51.2 Å². The number of hydrogen-bond donors (Lipinski definition) is 0. The maximum Gasteiger partial charge on any atom is 0.0725 e. The second-order valence-electron chi connectivity index (χ2n) is 20.0. The van der Waals surface area contributed by atoms with Gasteiger partial charge in [0.2, 0.25) is 0 Å². The second-order valence-corrected chi connectivity index (χ2v) is 20.0. The molecule has 15 rings (SSSR count). The maximum absolute atomic E-state index is 2.47. The Hall–Kier alpha value is -9.96. The fourth-order valence-corrected chi connectivity index (χ4v) is 12.8. The SMILES string of the molecule is c1ccc(N(c2ccc3c(c2)-c2ccccc2C32c3ccc(N(c4ccccc4)c4cccc5ccccc45)cc3-c3cc(N(c4ccccc4)c4cccc5ccccc45)ccc32)c2cccc3ccccc23)cc1. The summed E-state index contributed by atoms with van der Waals surface area (Å²) in [5.41, 5.74) is 19.5. The lowest BCUT2D eigenvalue weighted by Crippen LogP contribution is -2.26. The van der Waals surface area contributed by atoms with Crippen LogP contribution in [0.3, 0.4) is 0 Å². The van der Waals surface area contributed by atoms with E-state index in [-0.39, 0.29) is 0 Å². The Kier molecular flexibility index (Phi) is 10.1. The minimum Gasteiger partial charge on any atom is -0.310 e. The topological polar surface area (TPSA) is 9.72 Å². The second kappa shape index (κ2) is 17.6. The molecule has 2 aliphatic carbocycles. The molecule has 0 heterocycles. The maximum atomic E-state index is 2.47. The zero-order valence-corrected chi connectivity index (χ0v) is 41.6. The van der Waals surface area contributed by atoms with Crippen molar-refractivity contribution in [3.05, 3.63) is 320 Å². The number of para-hydroxylation sites is 3. The van der Waals surface area contributed by atoms with Gasteiger partial charge in [-0.15, -0.1) is 0 Å². The summed E-state index contributed by atoms with van der Waals surface area (Å²) >= 11 is 0. The monoisotopic (exact) mass is 967 g/mol. The van der Waals surface area contributed by atoms with E-state index in [2.05, 4.69) is 312 Å². The summed E-state index contributed by atoms with van der Waals surface area (Å²) in [5, 5.41) is 7.22. The van der Waals surface area contributed by atoms with E-state index >= 15 is 0 Å². The lowest BCUT2D eigenvalue weighted by atomic mass is 9.70. The quantitative estimate of drug-likeness (QED) is 0.143. The highest BCUT2D eigenvalue weighted by molar-refractivity contribution is 6.05. The predicted octanol–water partition coefficient (Wildman–Crippen LogP) is 19.9. The normalized spacial score (nSPS) is 12.6. The third kappa shape index (κ3) is 6.69. The fraction of sp³-hybridized carbons (Fsp3) is 0.0137. The highest BCUT2D eigenvalue weighted by atomic mass is 15.2. The summed E-state index contributed by atoms with van der Waals surface area (Å²) < 4.78 is 0. The van der Waals surface area contributed by atoms with Crippen LogP contribution in [-0.4, -0.2) is 0 Å². The minimum atomic E-state index is -0.614. The summed E-state index contributed by atoms with van der Waals surface area (Å²) in [7, 11) is 0. The number of fused-ring (bicyclic) bond motifs is 13. The van der Waals surface area contributed by atoms with Crippen molar-refractivity contribution in [2.45, 2.75) is 5.41 Å². The van der Waals surface area contributed by atoms with Crippen molar-refractivity contribution in [2.24, 2.45) is 0 Å². The summed E-state index contributed by atoms with van der Waals surface area (Å²) in [4.78, 5) is 7.32. The number of rotatable bonds is 9. The van der Waals surface area contributed by atoms with Gasteiger partial charge in [0.15, 0.2) is 0 Å². The number of nitrogens with zero attached hydrogens (tertiary/aromatic N) is 3. The van der Waals surface area contributed by atoms with E-state index in [1.165, 1.54) is 76.8 Å². The molecule has 0 saturated carbocycles. The van der Waals surface area contributed by atoms with Gasteiger partial charge in [-0.05, 0) is 152 Å². The number of benzene rings is 13. The molecule has 0 saturated heterocycles. The molecule has 0 amide bonds. The molecule has 0 atom stereocenters. The smallest absolute Gasteiger partial charge is 0.0725 e. The molecule has 3 heteroatoms. The molecule has 0 N–H and O–H groups in total. The van der Waals surface area contributed by atoms with Gasteiger partial charge in [0.1, 0.15) is 0 Å². The molecule has 0 aliphatic heterocycles. The van der Waals surface area contributed by atoms with Crippen LogP contribution in [0.15, 0.2) is 297 Å². The molecule has 0 bridgehead atoms. The molecular formula is C73H49N3. The first-order chi connectivity index (χ1) is 37.7. The van der Waals surface area contributed by atoms with Crippen LogP contribution in [0.25, 0.3) is 54.6 Å². The molecule has 0 unspecified atom stereocenters. The van der Waals surface area contributed by atoms with Crippen LogP contribution in [0.2, 0.25) is 0 Å². The van der Waals surface area contributed by atoms with E-state index in [1.54, 1.807) is 0 Å². The molecule has 0 aromatic heterocycles. The Morgan fingerprint density at radius 3 is 0.868 bits per heavy atom. The van der Waals surface area contributed by atoms with Crippen LogP contribution in [0.1, 0.15) is 22.3 Å². The average Bonchev–Trinajstić information content (AvgIpc) is 4.05. The van der Waals surface area contributed by atoms with E-state index in [9.17, 15) is 0 Å². The summed E-state index contributed by atoms with van der Waals surface area (Å²) in [5.74, 6) is 0. The van der Waals surface area contributed by atoms with Gasteiger partial charge in [0, 0.05) is 50.3 Å². The van der Waals surface area contributed by atoms with Crippen molar-refractivity contribution in [1.29, 1.82) is 0 Å². The summed E-state index contributed by atoms with van der Waals surface area (Å²) in [6.07, 6.45) is 0. The van der Waals surface area contributed by atoms with Crippen molar-refractivity contribution in [3.63, 3.8) is 0 Å². The first-order valence-electron chi connectivity index (χ1n) is 26.3. The zero-order valence-electron chi connectivity index (χ0n) is 41.6. The number of hydrogen-bond acceptors (Lipinski definition) is 3. The standard InChI is InChI=1S/C73H49N3/c1-4-27-53(28-5-1)74(70-38-18-24-50-21-10-13-33-59(50)70)56-41-44-67-63(47-56)62-36-16-17-37-66(62)73(67)68-45-42-57(75(54-29-6-2-7-30-54)71-39-19-25-51-22-11-14-34-60(51)71)48-64(68)65-49-58(43-46-69(65)73)76(55-31-8-3-9-32-55)72-40-20-26-52-23-12-15-35-61(52)72/h1-49H. The first kappa shape index (κ1) is 43.6. The van der Waals surface area contributed by atoms with Crippen molar-refractivity contribution in [3.8, 4) is 22.3 Å². The minimum absolute atomic E-state index is 0.614. The molecule has 76 heavy (non-hydrogen) atoms. The largest absolute Gasteiger partial charge is 0.310 e. The Bertz CT molecular complexity index is 4190. The van der Waals surface area contributed by atoms with E-state index in [0.29, 0.717) is 0 Å². The van der Waals surface area contributed by atoms with Crippen LogP contribution in [0, 0.1) is 0 Å². The molecular weight excluding hydrogens is 919 g/mol. The van der Waals surface area contributed by atoms with Crippen molar-refractivity contribution < 1.29 is 0 Å². The third-order valence-electron chi connectivity index (χ3n) is 16.0. The Labute approximate surface area is 443 Å². The van der Waals surface area contributed by atoms with Crippen molar-refractivity contribution in [1.82, 2.24) is 0 Å². The van der Waals surface area contributed by atoms with Gasteiger partial charge < -0.3 is 14.7 Å². The third-order valence-corrected chi connectivity index (χ3v) is 16.0. The zero-order chi connectivity index (χ0) is 50.2. The van der Waals surface area contributed by atoms with E-state index in [1.807, 2.05) is 0 Å². The van der Waals surface area contributed by atoms with Crippen molar-refractivity contribution >= 4 is 83.5 Å². The molecule has 3 nitrogen and oxygen atoms in total.